The number of fused-ring (bicyclic) bond motifs is 2. The summed E-state index contributed by atoms with van der Waals surface area (Å²) in [5.41, 5.74) is 3.70. The molecule has 1 unspecified atom stereocenters. The van der Waals surface area contributed by atoms with Gasteiger partial charge < -0.3 is 14.5 Å². The van der Waals surface area contributed by atoms with Crippen LogP contribution in [0.1, 0.15) is 29.1 Å². The minimum absolute atomic E-state index is 0.336. The molecule has 0 fully saturated rings. The summed E-state index contributed by atoms with van der Waals surface area (Å²) in [6.07, 6.45) is 0. The Morgan fingerprint density at radius 2 is 2.07 bits per heavy atom. The highest BCUT2D eigenvalue weighted by atomic mass is 32.1. The first-order chi connectivity index (χ1) is 13.1. The van der Waals surface area contributed by atoms with Crippen molar-refractivity contribution >= 4 is 44.4 Å². The fraction of sp³-hybridized carbons (Fsp3) is 0.150. The maximum absolute atomic E-state index is 12.2. The zero-order chi connectivity index (χ0) is 18.8. The van der Waals surface area contributed by atoms with Gasteiger partial charge in [-0.15, -0.1) is 11.3 Å². The standard InChI is InChI=1S/C20H16N2O4S/c1-12(17-8-13-4-2-3-5-16(13)26-17)22-19(23)10-25-20(24)14-6-7-15-18(9-14)27-11-21-15/h2-9,11-12H,10H2,1H3,(H,22,23). The molecule has 2 aromatic heterocycles. The van der Waals surface area contributed by atoms with Gasteiger partial charge in [0.1, 0.15) is 11.3 Å². The van der Waals surface area contributed by atoms with Gasteiger partial charge in [0.25, 0.3) is 5.91 Å². The molecule has 0 aliphatic rings. The number of furan rings is 1. The average molecular weight is 380 g/mol. The van der Waals surface area contributed by atoms with Crippen molar-refractivity contribution in [2.45, 2.75) is 13.0 Å². The molecule has 0 saturated heterocycles. The van der Waals surface area contributed by atoms with E-state index in [1.165, 1.54) is 11.3 Å². The lowest BCUT2D eigenvalue weighted by molar-refractivity contribution is -0.125. The predicted molar refractivity (Wildman–Crippen MR) is 103 cm³/mol. The number of amides is 1. The Hall–Kier alpha value is -3.19. The molecule has 4 rings (SSSR count). The van der Waals surface area contributed by atoms with Gasteiger partial charge in [0, 0.05) is 5.39 Å². The monoisotopic (exact) mass is 380 g/mol. The van der Waals surface area contributed by atoms with Gasteiger partial charge in [-0.05, 0) is 37.3 Å². The molecule has 0 bridgehead atoms. The number of hydrogen-bond acceptors (Lipinski definition) is 6. The van der Waals surface area contributed by atoms with Gasteiger partial charge in [0.2, 0.25) is 0 Å². The first kappa shape index (κ1) is 17.2. The average Bonchev–Trinajstić information content (AvgIpc) is 3.31. The molecule has 1 atom stereocenters. The molecular weight excluding hydrogens is 364 g/mol. The fourth-order valence-electron chi connectivity index (χ4n) is 2.77. The Labute approximate surface area is 158 Å². The molecule has 0 radical (unpaired) electrons. The van der Waals surface area contributed by atoms with Crippen molar-refractivity contribution in [1.29, 1.82) is 0 Å². The fourth-order valence-corrected chi connectivity index (χ4v) is 3.48. The number of thiazole rings is 1. The molecule has 1 amide bonds. The molecule has 1 N–H and O–H groups in total. The number of aromatic nitrogens is 1. The topological polar surface area (TPSA) is 81.4 Å². The summed E-state index contributed by atoms with van der Waals surface area (Å²) >= 11 is 1.44. The van der Waals surface area contributed by atoms with E-state index in [4.69, 9.17) is 9.15 Å². The second-order valence-corrected chi connectivity index (χ2v) is 6.97. The summed E-state index contributed by atoms with van der Waals surface area (Å²) in [5, 5.41) is 3.74. The molecular formula is C20H16N2O4S. The zero-order valence-electron chi connectivity index (χ0n) is 14.5. The third kappa shape index (κ3) is 3.68. The van der Waals surface area contributed by atoms with Crippen LogP contribution in [0.25, 0.3) is 21.2 Å². The van der Waals surface area contributed by atoms with Crippen LogP contribution in [0.15, 0.2) is 58.5 Å². The molecule has 7 heteroatoms. The number of carbonyl (C=O) groups is 2. The SMILES string of the molecule is CC(NC(=O)COC(=O)c1ccc2ncsc2c1)c1cc2ccccc2o1. The van der Waals surface area contributed by atoms with Gasteiger partial charge >= 0.3 is 5.97 Å². The van der Waals surface area contributed by atoms with Crippen molar-refractivity contribution in [3.05, 3.63) is 65.4 Å². The molecule has 0 saturated carbocycles. The number of rotatable bonds is 5. The van der Waals surface area contributed by atoms with Crippen LogP contribution in [0.2, 0.25) is 0 Å². The van der Waals surface area contributed by atoms with Crippen LogP contribution in [-0.2, 0) is 9.53 Å². The van der Waals surface area contributed by atoms with Crippen LogP contribution in [0.5, 0.6) is 0 Å². The van der Waals surface area contributed by atoms with Gasteiger partial charge in [-0.25, -0.2) is 9.78 Å². The number of carbonyl (C=O) groups excluding carboxylic acids is 2. The molecule has 4 aromatic rings. The Morgan fingerprint density at radius 1 is 1.22 bits per heavy atom. The predicted octanol–water partition coefficient (Wildman–Crippen LogP) is 4.08. The molecule has 2 aromatic carbocycles. The van der Waals surface area contributed by atoms with Gasteiger partial charge in [-0.1, -0.05) is 18.2 Å². The second kappa shape index (κ2) is 7.20. The molecule has 0 aliphatic carbocycles. The van der Waals surface area contributed by atoms with Crippen LogP contribution >= 0.6 is 11.3 Å². The van der Waals surface area contributed by atoms with Gasteiger partial charge in [0.05, 0.1) is 27.3 Å². The number of esters is 1. The van der Waals surface area contributed by atoms with E-state index in [9.17, 15) is 9.59 Å². The third-order valence-corrected chi connectivity index (χ3v) is 4.94. The van der Waals surface area contributed by atoms with Crippen LogP contribution in [-0.4, -0.2) is 23.5 Å². The number of nitrogens with zero attached hydrogens (tertiary/aromatic N) is 1. The molecule has 2 heterocycles. The molecule has 0 aliphatic heterocycles. The maximum Gasteiger partial charge on any atom is 0.338 e. The lowest BCUT2D eigenvalue weighted by Crippen LogP contribution is -2.31. The number of nitrogens with one attached hydrogen (secondary N) is 1. The van der Waals surface area contributed by atoms with Crippen molar-refractivity contribution in [3.8, 4) is 0 Å². The Morgan fingerprint density at radius 3 is 2.93 bits per heavy atom. The normalized spacial score (nSPS) is 12.2. The van der Waals surface area contributed by atoms with Crippen molar-refractivity contribution in [3.63, 3.8) is 0 Å². The van der Waals surface area contributed by atoms with Crippen molar-refractivity contribution in [2.24, 2.45) is 0 Å². The largest absolute Gasteiger partial charge is 0.459 e. The third-order valence-electron chi connectivity index (χ3n) is 4.15. The molecule has 27 heavy (non-hydrogen) atoms. The van der Waals surface area contributed by atoms with Gasteiger partial charge in [-0.2, -0.15) is 0 Å². The minimum atomic E-state index is -0.545. The Bertz CT molecular complexity index is 1100. The quantitative estimate of drug-likeness (QED) is 0.528. The van der Waals surface area contributed by atoms with E-state index < -0.39 is 11.9 Å². The summed E-state index contributed by atoms with van der Waals surface area (Å²) < 4.78 is 11.7. The Kier molecular flexibility index (Phi) is 4.60. The smallest absolute Gasteiger partial charge is 0.338 e. The number of hydrogen-bond donors (Lipinski definition) is 1. The van der Waals surface area contributed by atoms with E-state index in [0.717, 1.165) is 21.2 Å². The first-order valence-corrected chi connectivity index (χ1v) is 9.26. The highest BCUT2D eigenvalue weighted by Crippen LogP contribution is 2.23. The van der Waals surface area contributed by atoms with E-state index >= 15 is 0 Å². The van der Waals surface area contributed by atoms with Crippen LogP contribution in [0.4, 0.5) is 0 Å². The van der Waals surface area contributed by atoms with Crippen molar-refractivity contribution < 1.29 is 18.7 Å². The zero-order valence-corrected chi connectivity index (χ0v) is 15.3. The van der Waals surface area contributed by atoms with Crippen LogP contribution in [0.3, 0.4) is 0 Å². The number of ether oxygens (including phenoxy) is 1. The van der Waals surface area contributed by atoms with Crippen LogP contribution < -0.4 is 5.32 Å². The molecule has 6 nitrogen and oxygen atoms in total. The van der Waals surface area contributed by atoms with E-state index in [1.54, 1.807) is 23.7 Å². The summed E-state index contributed by atoms with van der Waals surface area (Å²) in [4.78, 5) is 28.4. The first-order valence-electron chi connectivity index (χ1n) is 8.38. The Balaban J connectivity index is 1.35. The highest BCUT2D eigenvalue weighted by molar-refractivity contribution is 7.16. The van der Waals surface area contributed by atoms with Gasteiger partial charge in [-0.3, -0.25) is 4.79 Å². The number of benzene rings is 2. The summed E-state index contributed by atoms with van der Waals surface area (Å²) in [6, 6.07) is 14.3. The van der Waals surface area contributed by atoms with Crippen molar-refractivity contribution in [2.75, 3.05) is 6.61 Å². The van der Waals surface area contributed by atoms with E-state index in [-0.39, 0.29) is 12.6 Å². The van der Waals surface area contributed by atoms with E-state index in [1.807, 2.05) is 37.3 Å². The lowest BCUT2D eigenvalue weighted by Gasteiger charge is -2.11. The van der Waals surface area contributed by atoms with E-state index in [2.05, 4.69) is 10.3 Å². The number of para-hydroxylation sites is 1. The summed E-state index contributed by atoms with van der Waals surface area (Å²) in [6.45, 7) is 1.46. The second-order valence-electron chi connectivity index (χ2n) is 6.09. The summed E-state index contributed by atoms with van der Waals surface area (Å²) in [7, 11) is 0. The highest BCUT2D eigenvalue weighted by Gasteiger charge is 2.16. The lowest BCUT2D eigenvalue weighted by atomic mass is 10.2. The van der Waals surface area contributed by atoms with Gasteiger partial charge in [0.15, 0.2) is 6.61 Å². The molecule has 0 spiro atoms. The van der Waals surface area contributed by atoms with E-state index in [0.29, 0.717) is 11.3 Å². The van der Waals surface area contributed by atoms with Crippen LogP contribution in [0, 0.1) is 0 Å². The van der Waals surface area contributed by atoms with Crippen molar-refractivity contribution in [1.82, 2.24) is 10.3 Å². The maximum atomic E-state index is 12.2. The summed E-state index contributed by atoms with van der Waals surface area (Å²) in [5.74, 6) is -0.293. The minimum Gasteiger partial charge on any atom is -0.459 e. The molecule has 136 valence electrons.